The zero-order valence-corrected chi connectivity index (χ0v) is 11.8. The van der Waals surface area contributed by atoms with Crippen molar-refractivity contribution >= 4 is 40.1 Å². The molecule has 0 fully saturated rings. The second-order valence-electron chi connectivity index (χ2n) is 4.37. The van der Waals surface area contributed by atoms with E-state index < -0.39 is 11.2 Å². The van der Waals surface area contributed by atoms with Gasteiger partial charge in [-0.3, -0.25) is 9.59 Å². The smallest absolute Gasteiger partial charge is 0.316 e. The molecule has 2 rings (SSSR count). The first-order valence-electron chi connectivity index (χ1n) is 6.20. The average Bonchev–Trinajstić information content (AvgIpc) is 2.45. The fraction of sp³-hybridized carbons (Fsp3) is 0.200. The third kappa shape index (κ3) is 3.51. The molecule has 0 radical (unpaired) electrons. The molecule has 0 aliphatic rings. The van der Waals surface area contributed by atoms with Crippen LogP contribution in [0.3, 0.4) is 0 Å². The van der Waals surface area contributed by atoms with Gasteiger partial charge in [-0.25, -0.2) is 0 Å². The van der Waals surface area contributed by atoms with Gasteiger partial charge in [0.1, 0.15) is 0 Å². The van der Waals surface area contributed by atoms with Crippen LogP contribution in [-0.2, 0) is 9.59 Å². The van der Waals surface area contributed by atoms with Crippen LogP contribution in [0, 0.1) is 0 Å². The lowest BCUT2D eigenvalue weighted by Gasteiger charge is -2.09. The summed E-state index contributed by atoms with van der Waals surface area (Å²) >= 11 is 1.11. The van der Waals surface area contributed by atoms with Gasteiger partial charge < -0.3 is 10.4 Å². The van der Waals surface area contributed by atoms with Gasteiger partial charge in [-0.05, 0) is 18.4 Å². The minimum atomic E-state index is -0.909. The number of carboxylic acid groups (broad SMARTS) is 1. The number of carbonyl (C=O) groups excluding carboxylic acids is 1. The molecular formula is C15H15NO3S. The number of anilines is 1. The van der Waals surface area contributed by atoms with Crippen molar-refractivity contribution in [3.63, 3.8) is 0 Å². The van der Waals surface area contributed by atoms with Gasteiger partial charge >= 0.3 is 5.97 Å². The topological polar surface area (TPSA) is 66.4 Å². The molecule has 2 N–H and O–H groups in total. The molecule has 4 nitrogen and oxygen atoms in total. The molecule has 2 aromatic rings. The minimum Gasteiger partial charge on any atom is -0.480 e. The molecule has 0 bridgehead atoms. The van der Waals surface area contributed by atoms with Gasteiger partial charge in [-0.1, -0.05) is 36.4 Å². The molecule has 0 saturated carbocycles. The van der Waals surface area contributed by atoms with Crippen LogP contribution in [0.4, 0.5) is 5.69 Å². The van der Waals surface area contributed by atoms with E-state index in [4.69, 9.17) is 5.11 Å². The maximum Gasteiger partial charge on any atom is 0.316 e. The summed E-state index contributed by atoms with van der Waals surface area (Å²) in [7, 11) is 0. The standard InChI is InChI=1S/C15H15NO3S/c1-10(15(18)19)20-9-14(17)16-13-8-4-6-11-5-2-3-7-12(11)13/h2-8,10H,9H2,1H3,(H,16,17)(H,18,19). The van der Waals surface area contributed by atoms with Crippen molar-refractivity contribution in [1.82, 2.24) is 0 Å². The van der Waals surface area contributed by atoms with Gasteiger partial charge in [0.25, 0.3) is 0 Å². The number of nitrogens with one attached hydrogen (secondary N) is 1. The van der Waals surface area contributed by atoms with Crippen LogP contribution in [0.5, 0.6) is 0 Å². The highest BCUT2D eigenvalue weighted by Crippen LogP contribution is 2.23. The molecule has 1 amide bonds. The van der Waals surface area contributed by atoms with E-state index in [1.807, 2.05) is 42.5 Å². The van der Waals surface area contributed by atoms with Crippen LogP contribution in [0.1, 0.15) is 6.92 Å². The van der Waals surface area contributed by atoms with Gasteiger partial charge in [0, 0.05) is 11.1 Å². The Hall–Kier alpha value is -2.01. The van der Waals surface area contributed by atoms with Crippen LogP contribution in [0.2, 0.25) is 0 Å². The lowest BCUT2D eigenvalue weighted by Crippen LogP contribution is -2.19. The zero-order valence-electron chi connectivity index (χ0n) is 11.0. The van der Waals surface area contributed by atoms with Crippen LogP contribution >= 0.6 is 11.8 Å². The van der Waals surface area contributed by atoms with E-state index in [0.29, 0.717) is 0 Å². The summed E-state index contributed by atoms with van der Waals surface area (Å²) in [6, 6.07) is 13.5. The molecule has 1 atom stereocenters. The van der Waals surface area contributed by atoms with E-state index in [-0.39, 0.29) is 11.7 Å². The molecular weight excluding hydrogens is 274 g/mol. The summed E-state index contributed by atoms with van der Waals surface area (Å²) in [4.78, 5) is 22.6. The second kappa shape index (κ2) is 6.43. The Morgan fingerprint density at radius 3 is 2.65 bits per heavy atom. The summed E-state index contributed by atoms with van der Waals surface area (Å²) in [6.07, 6.45) is 0. The molecule has 1 unspecified atom stereocenters. The number of amides is 1. The van der Waals surface area contributed by atoms with Crippen molar-refractivity contribution in [2.24, 2.45) is 0 Å². The summed E-state index contributed by atoms with van der Waals surface area (Å²) in [6.45, 7) is 1.57. The van der Waals surface area contributed by atoms with Crippen LogP contribution in [-0.4, -0.2) is 28.0 Å². The van der Waals surface area contributed by atoms with Gasteiger partial charge in [-0.15, -0.1) is 11.8 Å². The van der Waals surface area contributed by atoms with E-state index in [1.165, 1.54) is 0 Å². The van der Waals surface area contributed by atoms with E-state index in [2.05, 4.69) is 5.32 Å². The van der Waals surface area contributed by atoms with E-state index in [9.17, 15) is 9.59 Å². The number of benzene rings is 2. The summed E-state index contributed by atoms with van der Waals surface area (Å²) in [5, 5.41) is 13.0. The fourth-order valence-corrected chi connectivity index (χ4v) is 2.41. The highest BCUT2D eigenvalue weighted by atomic mass is 32.2. The summed E-state index contributed by atoms with van der Waals surface area (Å²) < 4.78 is 0. The number of hydrogen-bond donors (Lipinski definition) is 2. The number of carboxylic acids is 1. The fourth-order valence-electron chi connectivity index (χ4n) is 1.79. The van der Waals surface area contributed by atoms with E-state index in [0.717, 1.165) is 28.2 Å². The van der Waals surface area contributed by atoms with Gasteiger partial charge in [0.05, 0.1) is 11.0 Å². The van der Waals surface area contributed by atoms with Crippen molar-refractivity contribution < 1.29 is 14.7 Å². The van der Waals surface area contributed by atoms with Crippen molar-refractivity contribution in [2.45, 2.75) is 12.2 Å². The number of aliphatic carboxylic acids is 1. The number of hydrogen-bond acceptors (Lipinski definition) is 3. The Labute approximate surface area is 121 Å². The first-order valence-corrected chi connectivity index (χ1v) is 7.25. The van der Waals surface area contributed by atoms with Crippen molar-refractivity contribution in [3.8, 4) is 0 Å². The average molecular weight is 289 g/mol. The molecule has 2 aromatic carbocycles. The quantitative estimate of drug-likeness (QED) is 0.888. The predicted molar refractivity (Wildman–Crippen MR) is 82.1 cm³/mol. The van der Waals surface area contributed by atoms with Crippen molar-refractivity contribution in [3.05, 3.63) is 42.5 Å². The molecule has 0 aliphatic heterocycles. The van der Waals surface area contributed by atoms with Gasteiger partial charge in [-0.2, -0.15) is 0 Å². The van der Waals surface area contributed by atoms with Crippen molar-refractivity contribution in [1.29, 1.82) is 0 Å². The first kappa shape index (κ1) is 14.4. The largest absolute Gasteiger partial charge is 0.480 e. The zero-order chi connectivity index (χ0) is 14.5. The molecule has 0 heterocycles. The molecule has 0 aliphatic carbocycles. The van der Waals surface area contributed by atoms with Gasteiger partial charge in [0.2, 0.25) is 5.91 Å². The van der Waals surface area contributed by atoms with Gasteiger partial charge in [0.15, 0.2) is 0 Å². The highest BCUT2D eigenvalue weighted by Gasteiger charge is 2.14. The first-order chi connectivity index (χ1) is 9.58. The second-order valence-corrected chi connectivity index (χ2v) is 5.70. The Morgan fingerprint density at radius 1 is 1.20 bits per heavy atom. The lowest BCUT2D eigenvalue weighted by molar-refractivity contribution is -0.136. The summed E-state index contributed by atoms with van der Waals surface area (Å²) in [5.74, 6) is -0.983. The maximum atomic E-state index is 11.9. The highest BCUT2D eigenvalue weighted by molar-refractivity contribution is 8.01. The molecule has 0 aromatic heterocycles. The Balaban J connectivity index is 2.05. The molecule has 20 heavy (non-hydrogen) atoms. The number of rotatable bonds is 5. The van der Waals surface area contributed by atoms with Crippen LogP contribution < -0.4 is 5.32 Å². The normalized spacial score (nSPS) is 12.1. The number of thioether (sulfide) groups is 1. The predicted octanol–water partition coefficient (Wildman–Crippen LogP) is 2.98. The molecule has 5 heteroatoms. The third-order valence-electron chi connectivity index (χ3n) is 2.88. The Morgan fingerprint density at radius 2 is 1.90 bits per heavy atom. The monoisotopic (exact) mass is 289 g/mol. The lowest BCUT2D eigenvalue weighted by atomic mass is 10.1. The van der Waals surface area contributed by atoms with Crippen molar-refractivity contribution in [2.75, 3.05) is 11.1 Å². The van der Waals surface area contributed by atoms with E-state index in [1.54, 1.807) is 6.92 Å². The Kier molecular flexibility index (Phi) is 4.63. The Bertz CT molecular complexity index is 637. The van der Waals surface area contributed by atoms with Crippen LogP contribution in [0.15, 0.2) is 42.5 Å². The number of fused-ring (bicyclic) bond motifs is 1. The molecule has 0 spiro atoms. The molecule has 0 saturated heterocycles. The third-order valence-corrected chi connectivity index (χ3v) is 4.01. The SMILES string of the molecule is CC(SCC(=O)Nc1cccc2ccccc12)C(=O)O. The number of carbonyl (C=O) groups is 2. The van der Waals surface area contributed by atoms with Crippen LogP contribution in [0.25, 0.3) is 10.8 Å². The van der Waals surface area contributed by atoms with E-state index >= 15 is 0 Å². The minimum absolute atomic E-state index is 0.122. The maximum absolute atomic E-state index is 11.9. The summed E-state index contributed by atoms with van der Waals surface area (Å²) in [5.41, 5.74) is 0.747. The molecule has 104 valence electrons.